The molecule has 114 valence electrons. The van der Waals surface area contributed by atoms with Gasteiger partial charge in [0.15, 0.2) is 0 Å². The molecule has 0 atom stereocenters. The molecule has 0 radical (unpaired) electrons. The van der Waals surface area contributed by atoms with Crippen LogP contribution in [0.4, 0.5) is 0 Å². The van der Waals surface area contributed by atoms with Crippen molar-refractivity contribution in [3.63, 3.8) is 0 Å². The summed E-state index contributed by atoms with van der Waals surface area (Å²) in [6.07, 6.45) is 0. The third-order valence-corrected chi connectivity index (χ3v) is 3.45. The van der Waals surface area contributed by atoms with Crippen molar-refractivity contribution in [3.05, 3.63) is 35.8 Å². The van der Waals surface area contributed by atoms with Gasteiger partial charge in [-0.15, -0.1) is 0 Å². The Morgan fingerprint density at radius 3 is 2.19 bits per heavy atom. The molecule has 2 aromatic rings. The quantitative estimate of drug-likeness (QED) is 0.801. The van der Waals surface area contributed by atoms with Crippen molar-refractivity contribution in [2.75, 3.05) is 13.1 Å². The van der Waals surface area contributed by atoms with Crippen LogP contribution >= 0.6 is 0 Å². The van der Waals surface area contributed by atoms with Gasteiger partial charge in [0.05, 0.1) is 12.1 Å². The molecule has 0 spiro atoms. The van der Waals surface area contributed by atoms with E-state index in [-0.39, 0.29) is 0 Å². The lowest BCUT2D eigenvalue weighted by molar-refractivity contribution is 0.207. The van der Waals surface area contributed by atoms with Gasteiger partial charge in [0.1, 0.15) is 5.82 Å². The standard InChI is InChI=1S/C18H27N3/c1-13(2)10-21(11-14(3)4)12-18-19-15(5)16-8-6-7-9-17(16)20-18/h6-9,13-14H,10-12H2,1-5H3. The van der Waals surface area contributed by atoms with Crippen molar-refractivity contribution >= 4 is 10.9 Å². The molecule has 0 aliphatic rings. The average molecular weight is 285 g/mol. The van der Waals surface area contributed by atoms with Crippen LogP contribution in [0.2, 0.25) is 0 Å². The molecule has 1 heterocycles. The second-order valence-electron chi connectivity index (χ2n) is 6.72. The molecule has 0 fully saturated rings. The summed E-state index contributed by atoms with van der Waals surface area (Å²) in [5, 5.41) is 1.15. The van der Waals surface area contributed by atoms with Gasteiger partial charge in [-0.2, -0.15) is 0 Å². The van der Waals surface area contributed by atoms with Gasteiger partial charge in [0.25, 0.3) is 0 Å². The number of aromatic nitrogens is 2. The predicted octanol–water partition coefficient (Wildman–Crippen LogP) is 4.05. The van der Waals surface area contributed by atoms with E-state index >= 15 is 0 Å². The SMILES string of the molecule is Cc1nc(CN(CC(C)C)CC(C)C)nc2ccccc12. The maximum atomic E-state index is 4.74. The van der Waals surface area contributed by atoms with E-state index in [1.807, 2.05) is 12.1 Å². The van der Waals surface area contributed by atoms with Crippen LogP contribution in [0.3, 0.4) is 0 Å². The molecule has 0 unspecified atom stereocenters. The first-order valence-corrected chi connectivity index (χ1v) is 7.90. The molecule has 2 rings (SSSR count). The average Bonchev–Trinajstić information content (AvgIpc) is 2.37. The van der Waals surface area contributed by atoms with E-state index in [1.54, 1.807) is 0 Å². The first-order valence-electron chi connectivity index (χ1n) is 7.90. The summed E-state index contributed by atoms with van der Waals surface area (Å²) >= 11 is 0. The van der Waals surface area contributed by atoms with Crippen molar-refractivity contribution in [3.8, 4) is 0 Å². The monoisotopic (exact) mass is 285 g/mol. The molecular weight excluding hydrogens is 258 g/mol. The smallest absolute Gasteiger partial charge is 0.143 e. The number of benzene rings is 1. The van der Waals surface area contributed by atoms with Gasteiger partial charge >= 0.3 is 0 Å². The number of fused-ring (bicyclic) bond motifs is 1. The van der Waals surface area contributed by atoms with E-state index < -0.39 is 0 Å². The number of para-hydroxylation sites is 1. The Bertz CT molecular complexity index is 580. The highest BCUT2D eigenvalue weighted by atomic mass is 15.1. The van der Waals surface area contributed by atoms with E-state index in [1.165, 1.54) is 0 Å². The molecule has 0 saturated carbocycles. The Balaban J connectivity index is 2.23. The molecule has 0 aliphatic carbocycles. The number of hydrogen-bond acceptors (Lipinski definition) is 3. The fraction of sp³-hybridized carbons (Fsp3) is 0.556. The van der Waals surface area contributed by atoms with Crippen molar-refractivity contribution in [1.82, 2.24) is 14.9 Å². The number of nitrogens with zero attached hydrogens (tertiary/aromatic N) is 3. The lowest BCUT2D eigenvalue weighted by Crippen LogP contribution is -2.31. The molecule has 3 nitrogen and oxygen atoms in total. The molecule has 1 aromatic carbocycles. The fourth-order valence-electron chi connectivity index (χ4n) is 2.80. The van der Waals surface area contributed by atoms with Crippen LogP contribution in [0.1, 0.15) is 39.2 Å². The lowest BCUT2D eigenvalue weighted by atomic mass is 10.1. The summed E-state index contributed by atoms with van der Waals surface area (Å²) in [6.45, 7) is 14.1. The number of rotatable bonds is 6. The van der Waals surface area contributed by atoms with Gasteiger partial charge in [-0.25, -0.2) is 9.97 Å². The highest BCUT2D eigenvalue weighted by Crippen LogP contribution is 2.16. The third kappa shape index (κ3) is 4.50. The molecule has 0 aliphatic heterocycles. The zero-order valence-corrected chi connectivity index (χ0v) is 13.9. The zero-order chi connectivity index (χ0) is 15.4. The van der Waals surface area contributed by atoms with Gasteiger partial charge in [0.2, 0.25) is 0 Å². The van der Waals surface area contributed by atoms with Crippen LogP contribution in [0.5, 0.6) is 0 Å². The van der Waals surface area contributed by atoms with Crippen LogP contribution < -0.4 is 0 Å². The Hall–Kier alpha value is -1.48. The summed E-state index contributed by atoms with van der Waals surface area (Å²) in [5.74, 6) is 2.25. The van der Waals surface area contributed by atoms with Crippen LogP contribution in [-0.4, -0.2) is 28.0 Å². The topological polar surface area (TPSA) is 29.0 Å². The van der Waals surface area contributed by atoms with Gasteiger partial charge in [-0.1, -0.05) is 45.9 Å². The van der Waals surface area contributed by atoms with Crippen molar-refractivity contribution in [2.45, 2.75) is 41.2 Å². The molecule has 3 heteroatoms. The molecular formula is C18H27N3. The fourth-order valence-corrected chi connectivity index (χ4v) is 2.80. The molecule has 0 bridgehead atoms. The highest BCUT2D eigenvalue weighted by molar-refractivity contribution is 5.80. The molecule has 0 N–H and O–H groups in total. The summed E-state index contributed by atoms with van der Waals surface area (Å²) in [5.41, 5.74) is 2.12. The Kier molecular flexibility index (Phi) is 5.29. The zero-order valence-electron chi connectivity index (χ0n) is 13.9. The Morgan fingerprint density at radius 2 is 1.57 bits per heavy atom. The van der Waals surface area contributed by atoms with E-state index in [0.29, 0.717) is 11.8 Å². The summed E-state index contributed by atoms with van der Waals surface area (Å²) < 4.78 is 0. The van der Waals surface area contributed by atoms with Crippen LogP contribution in [0.15, 0.2) is 24.3 Å². The van der Waals surface area contributed by atoms with Crippen molar-refractivity contribution in [2.24, 2.45) is 11.8 Å². The van der Waals surface area contributed by atoms with E-state index in [4.69, 9.17) is 9.97 Å². The molecule has 0 saturated heterocycles. The first-order chi connectivity index (χ1) is 9.95. The van der Waals surface area contributed by atoms with E-state index in [2.05, 4.69) is 51.7 Å². The van der Waals surface area contributed by atoms with Gasteiger partial charge in [-0.3, -0.25) is 4.90 Å². The molecule has 21 heavy (non-hydrogen) atoms. The Labute approximate surface area is 128 Å². The summed E-state index contributed by atoms with van der Waals surface area (Å²) in [7, 11) is 0. The maximum Gasteiger partial charge on any atom is 0.143 e. The molecule has 1 aromatic heterocycles. The largest absolute Gasteiger partial charge is 0.295 e. The second-order valence-corrected chi connectivity index (χ2v) is 6.72. The van der Waals surface area contributed by atoms with Crippen LogP contribution in [0, 0.1) is 18.8 Å². The van der Waals surface area contributed by atoms with Gasteiger partial charge in [-0.05, 0) is 24.8 Å². The maximum absolute atomic E-state index is 4.74. The predicted molar refractivity (Wildman–Crippen MR) is 89.2 cm³/mol. The highest BCUT2D eigenvalue weighted by Gasteiger charge is 2.13. The molecule has 0 amide bonds. The van der Waals surface area contributed by atoms with Gasteiger partial charge < -0.3 is 0 Å². The van der Waals surface area contributed by atoms with E-state index in [9.17, 15) is 0 Å². The van der Waals surface area contributed by atoms with Crippen LogP contribution in [0.25, 0.3) is 10.9 Å². The summed E-state index contributed by atoms with van der Waals surface area (Å²) in [6, 6.07) is 8.25. The Morgan fingerprint density at radius 1 is 0.952 bits per heavy atom. The lowest BCUT2D eigenvalue weighted by Gasteiger charge is -2.25. The number of hydrogen-bond donors (Lipinski definition) is 0. The van der Waals surface area contributed by atoms with E-state index in [0.717, 1.165) is 42.1 Å². The first kappa shape index (κ1) is 15.9. The van der Waals surface area contributed by atoms with Gasteiger partial charge in [0, 0.05) is 24.2 Å². The second kappa shape index (κ2) is 6.99. The third-order valence-electron chi connectivity index (χ3n) is 3.45. The van der Waals surface area contributed by atoms with Crippen LogP contribution in [-0.2, 0) is 6.54 Å². The van der Waals surface area contributed by atoms with Crippen molar-refractivity contribution < 1.29 is 0 Å². The minimum Gasteiger partial charge on any atom is -0.295 e. The number of aryl methyl sites for hydroxylation is 1. The summed E-state index contributed by atoms with van der Waals surface area (Å²) in [4.78, 5) is 11.9. The minimum atomic E-state index is 0.658. The van der Waals surface area contributed by atoms with Crippen molar-refractivity contribution in [1.29, 1.82) is 0 Å². The minimum absolute atomic E-state index is 0.658. The normalized spacial score (nSPS) is 12.0.